The minimum absolute atomic E-state index is 0.169. The van der Waals surface area contributed by atoms with Crippen molar-refractivity contribution in [3.8, 4) is 17.2 Å². The fraction of sp³-hybridized carbons (Fsp3) is 0.400. The average Bonchev–Trinajstić information content (AvgIpc) is 2.40. The standard InChI is InChI=1S/C14H22O2.C6H6O/c1-13(2,3)9-7-12(16)10(8-11(9)15)14(4,5)6;7-6-4-2-1-3-5-6/h7-8,15-16H,1-6H3;1-5,7H. The van der Waals surface area contributed by atoms with Crippen LogP contribution in [0.5, 0.6) is 17.2 Å². The van der Waals surface area contributed by atoms with E-state index in [1.807, 2.05) is 47.6 Å². The van der Waals surface area contributed by atoms with Gasteiger partial charge in [0.15, 0.2) is 0 Å². The van der Waals surface area contributed by atoms with Gasteiger partial charge < -0.3 is 15.3 Å². The number of para-hydroxylation sites is 1. The van der Waals surface area contributed by atoms with Crippen molar-refractivity contribution < 1.29 is 15.3 Å². The Morgan fingerprint density at radius 3 is 1.17 bits per heavy atom. The monoisotopic (exact) mass is 316 g/mol. The third-order valence-corrected chi connectivity index (χ3v) is 3.49. The minimum atomic E-state index is -0.169. The van der Waals surface area contributed by atoms with Crippen molar-refractivity contribution in [2.24, 2.45) is 0 Å². The lowest BCUT2D eigenvalue weighted by molar-refractivity contribution is 0.419. The lowest BCUT2D eigenvalue weighted by Gasteiger charge is -2.25. The molecule has 0 heterocycles. The van der Waals surface area contributed by atoms with Gasteiger partial charge >= 0.3 is 0 Å². The molecule has 0 bridgehead atoms. The first-order chi connectivity index (χ1) is 10.4. The third-order valence-electron chi connectivity index (χ3n) is 3.49. The van der Waals surface area contributed by atoms with Gasteiger partial charge in [-0.05, 0) is 35.1 Å². The molecule has 0 aliphatic rings. The quantitative estimate of drug-likeness (QED) is 0.594. The maximum Gasteiger partial charge on any atom is 0.119 e. The molecule has 0 radical (unpaired) electrons. The Balaban J connectivity index is 0.000000313. The van der Waals surface area contributed by atoms with Crippen molar-refractivity contribution in [1.82, 2.24) is 0 Å². The lowest BCUT2D eigenvalue weighted by atomic mass is 9.81. The van der Waals surface area contributed by atoms with E-state index in [4.69, 9.17) is 5.11 Å². The predicted octanol–water partition coefficient (Wildman–Crippen LogP) is 5.09. The van der Waals surface area contributed by atoms with Gasteiger partial charge in [0.1, 0.15) is 17.2 Å². The van der Waals surface area contributed by atoms with Crippen LogP contribution in [0.1, 0.15) is 52.7 Å². The van der Waals surface area contributed by atoms with Crippen molar-refractivity contribution in [3.63, 3.8) is 0 Å². The maximum atomic E-state index is 10.0. The van der Waals surface area contributed by atoms with Crippen LogP contribution in [-0.2, 0) is 10.8 Å². The highest BCUT2D eigenvalue weighted by molar-refractivity contribution is 5.50. The summed E-state index contributed by atoms with van der Waals surface area (Å²) in [5, 5.41) is 28.6. The highest BCUT2D eigenvalue weighted by atomic mass is 16.3. The number of phenolic OH excluding ortho intramolecular Hbond substituents is 3. The largest absolute Gasteiger partial charge is 0.508 e. The summed E-state index contributed by atoms with van der Waals surface area (Å²) in [5.41, 5.74) is 1.21. The summed E-state index contributed by atoms with van der Waals surface area (Å²) in [5.74, 6) is 0.841. The van der Waals surface area contributed by atoms with Crippen LogP contribution in [0, 0.1) is 0 Å². The molecular weight excluding hydrogens is 288 g/mol. The molecule has 0 spiro atoms. The smallest absolute Gasteiger partial charge is 0.119 e. The molecule has 0 amide bonds. The molecule has 2 aromatic carbocycles. The van der Waals surface area contributed by atoms with Gasteiger partial charge in [-0.25, -0.2) is 0 Å². The van der Waals surface area contributed by atoms with Crippen LogP contribution < -0.4 is 0 Å². The molecule has 3 heteroatoms. The van der Waals surface area contributed by atoms with Crippen molar-refractivity contribution in [3.05, 3.63) is 53.6 Å². The summed E-state index contributed by atoms with van der Waals surface area (Å²) in [7, 11) is 0. The number of aromatic hydroxyl groups is 3. The zero-order valence-electron chi connectivity index (χ0n) is 14.9. The van der Waals surface area contributed by atoms with E-state index in [1.54, 1.807) is 36.4 Å². The lowest BCUT2D eigenvalue weighted by Crippen LogP contribution is -2.15. The van der Waals surface area contributed by atoms with Gasteiger partial charge in [0.2, 0.25) is 0 Å². The van der Waals surface area contributed by atoms with E-state index in [2.05, 4.69) is 0 Å². The van der Waals surface area contributed by atoms with E-state index in [0.29, 0.717) is 5.75 Å². The van der Waals surface area contributed by atoms with Gasteiger partial charge in [-0.15, -0.1) is 0 Å². The molecule has 0 aliphatic carbocycles. The fourth-order valence-electron chi connectivity index (χ4n) is 2.21. The number of benzene rings is 2. The number of hydrogen-bond acceptors (Lipinski definition) is 3. The van der Waals surface area contributed by atoms with Crippen molar-refractivity contribution in [1.29, 1.82) is 0 Å². The molecule has 0 atom stereocenters. The highest BCUT2D eigenvalue weighted by Gasteiger charge is 2.24. The normalized spacial score (nSPS) is 11.6. The van der Waals surface area contributed by atoms with Gasteiger partial charge in [-0.2, -0.15) is 0 Å². The van der Waals surface area contributed by atoms with E-state index >= 15 is 0 Å². The highest BCUT2D eigenvalue weighted by Crippen LogP contribution is 2.39. The van der Waals surface area contributed by atoms with E-state index in [9.17, 15) is 10.2 Å². The van der Waals surface area contributed by atoms with Crippen LogP contribution in [0.15, 0.2) is 42.5 Å². The predicted molar refractivity (Wildman–Crippen MR) is 95.3 cm³/mol. The summed E-state index contributed by atoms with van der Waals surface area (Å²) in [4.78, 5) is 0. The van der Waals surface area contributed by atoms with Gasteiger partial charge in [-0.3, -0.25) is 0 Å². The zero-order valence-corrected chi connectivity index (χ0v) is 14.9. The molecule has 0 aromatic heterocycles. The molecule has 3 nitrogen and oxygen atoms in total. The second-order valence-corrected chi connectivity index (χ2v) is 7.72. The summed E-state index contributed by atoms with van der Waals surface area (Å²) >= 11 is 0. The molecule has 126 valence electrons. The van der Waals surface area contributed by atoms with E-state index in [-0.39, 0.29) is 22.3 Å². The third kappa shape index (κ3) is 5.51. The van der Waals surface area contributed by atoms with Crippen LogP contribution in [0.4, 0.5) is 0 Å². The molecule has 0 unspecified atom stereocenters. The summed E-state index contributed by atoms with van der Waals surface area (Å²) < 4.78 is 0. The molecule has 0 saturated heterocycles. The number of rotatable bonds is 0. The zero-order chi connectivity index (χ0) is 17.8. The molecule has 23 heavy (non-hydrogen) atoms. The second-order valence-electron chi connectivity index (χ2n) is 7.72. The first kappa shape index (κ1) is 18.9. The van der Waals surface area contributed by atoms with Crippen molar-refractivity contribution in [2.45, 2.75) is 52.4 Å². The first-order valence-electron chi connectivity index (χ1n) is 7.74. The van der Waals surface area contributed by atoms with Crippen LogP contribution in [0.2, 0.25) is 0 Å². The molecule has 0 saturated carbocycles. The van der Waals surface area contributed by atoms with Crippen LogP contribution in [-0.4, -0.2) is 15.3 Å². The summed E-state index contributed by atoms with van der Waals surface area (Å²) in [6.45, 7) is 12.1. The number of phenols is 3. The van der Waals surface area contributed by atoms with Crippen LogP contribution in [0.3, 0.4) is 0 Å². The van der Waals surface area contributed by atoms with E-state index in [0.717, 1.165) is 11.1 Å². The van der Waals surface area contributed by atoms with Crippen LogP contribution >= 0.6 is 0 Å². The van der Waals surface area contributed by atoms with Crippen LogP contribution in [0.25, 0.3) is 0 Å². The van der Waals surface area contributed by atoms with Gasteiger partial charge in [0.25, 0.3) is 0 Å². The summed E-state index contributed by atoms with van der Waals surface area (Å²) in [6.07, 6.45) is 0. The molecule has 2 rings (SSSR count). The Bertz CT molecular complexity index is 593. The van der Waals surface area contributed by atoms with Crippen molar-refractivity contribution in [2.75, 3.05) is 0 Å². The Morgan fingerprint density at radius 1 is 0.609 bits per heavy atom. The van der Waals surface area contributed by atoms with Gasteiger partial charge in [-0.1, -0.05) is 59.7 Å². The van der Waals surface area contributed by atoms with Gasteiger partial charge in [0.05, 0.1) is 0 Å². The SMILES string of the molecule is CC(C)(C)c1cc(O)c(C(C)(C)C)cc1O.Oc1ccccc1. The maximum absolute atomic E-state index is 10.0. The minimum Gasteiger partial charge on any atom is -0.508 e. The Labute approximate surface area is 139 Å². The number of hydrogen-bond donors (Lipinski definition) is 3. The van der Waals surface area contributed by atoms with Gasteiger partial charge in [0, 0.05) is 11.1 Å². The fourth-order valence-corrected chi connectivity index (χ4v) is 2.21. The van der Waals surface area contributed by atoms with E-state index < -0.39 is 0 Å². The van der Waals surface area contributed by atoms with E-state index in [1.165, 1.54) is 0 Å². The first-order valence-corrected chi connectivity index (χ1v) is 7.74. The second kappa shape index (κ2) is 6.95. The Kier molecular flexibility index (Phi) is 5.70. The topological polar surface area (TPSA) is 60.7 Å². The average molecular weight is 316 g/mol. The Hall–Kier alpha value is -2.16. The molecule has 2 aromatic rings. The molecule has 0 fully saturated rings. The molecule has 0 aliphatic heterocycles. The van der Waals surface area contributed by atoms with Crippen molar-refractivity contribution >= 4 is 0 Å². The Morgan fingerprint density at radius 2 is 0.957 bits per heavy atom. The molecule has 3 N–H and O–H groups in total. The molecular formula is C20H28O3. The summed E-state index contributed by atoms with van der Waals surface area (Å²) in [6, 6.07) is 12.1.